The van der Waals surface area contributed by atoms with Crippen molar-refractivity contribution in [2.45, 2.75) is 57.4 Å². The van der Waals surface area contributed by atoms with Gasteiger partial charge >= 0.3 is 5.97 Å². The van der Waals surface area contributed by atoms with Gasteiger partial charge in [-0.3, -0.25) is 9.69 Å². The molecule has 0 spiro atoms. The predicted octanol–water partition coefficient (Wildman–Crippen LogP) is 3.50. The lowest BCUT2D eigenvalue weighted by molar-refractivity contribution is -0.167. The lowest BCUT2D eigenvalue weighted by atomic mass is 9.72. The molecular weight excluding hydrogens is 281 g/mol. The van der Waals surface area contributed by atoms with Gasteiger partial charge in [0.05, 0.1) is 6.61 Å². The summed E-state index contributed by atoms with van der Waals surface area (Å²) < 4.78 is 19.6. The fourth-order valence-electron chi connectivity index (χ4n) is 4.18. The monoisotopic (exact) mass is 305 g/mol. The van der Waals surface area contributed by atoms with E-state index in [0.717, 1.165) is 12.8 Å². The molecule has 3 fully saturated rings. The van der Waals surface area contributed by atoms with Crippen molar-refractivity contribution in [1.82, 2.24) is 4.90 Å². The van der Waals surface area contributed by atoms with Gasteiger partial charge in [-0.2, -0.15) is 0 Å². The molecule has 120 valence electrons. The summed E-state index contributed by atoms with van der Waals surface area (Å²) in [6, 6.07) is 9.91. The van der Waals surface area contributed by atoms with E-state index in [1.165, 1.54) is 5.56 Å². The van der Waals surface area contributed by atoms with Crippen molar-refractivity contribution in [3.8, 4) is 0 Å². The second kappa shape index (κ2) is 6.37. The molecule has 1 saturated carbocycles. The van der Waals surface area contributed by atoms with Crippen LogP contribution in [0.3, 0.4) is 0 Å². The molecule has 2 saturated heterocycles. The van der Waals surface area contributed by atoms with Gasteiger partial charge in [-0.05, 0) is 38.7 Å². The van der Waals surface area contributed by atoms with E-state index in [2.05, 4.69) is 24.0 Å². The average molecular weight is 305 g/mol. The molecule has 0 amide bonds. The van der Waals surface area contributed by atoms with E-state index >= 15 is 0 Å². The number of fused-ring (bicyclic) bond motifs is 3. The van der Waals surface area contributed by atoms with Gasteiger partial charge < -0.3 is 4.74 Å². The molecule has 3 nitrogen and oxygen atoms in total. The number of halogens is 1. The average Bonchev–Trinajstić information content (AvgIpc) is 2.55. The van der Waals surface area contributed by atoms with Crippen LogP contribution in [0.2, 0.25) is 0 Å². The molecule has 0 N–H and O–H groups in total. The molecule has 2 heterocycles. The maximum Gasteiger partial charge on any atom is 0.323 e. The number of hydrogen-bond acceptors (Lipinski definition) is 3. The van der Waals surface area contributed by atoms with Crippen molar-refractivity contribution in [3.63, 3.8) is 0 Å². The Morgan fingerprint density at radius 1 is 1.36 bits per heavy atom. The third-order valence-corrected chi connectivity index (χ3v) is 5.20. The highest BCUT2D eigenvalue weighted by atomic mass is 19.1. The summed E-state index contributed by atoms with van der Waals surface area (Å²) in [4.78, 5) is 14.7. The second-order valence-electron chi connectivity index (χ2n) is 6.38. The van der Waals surface area contributed by atoms with Crippen molar-refractivity contribution in [1.29, 1.82) is 0 Å². The number of hydrogen-bond donors (Lipinski definition) is 0. The molecule has 4 heteroatoms. The Morgan fingerprint density at radius 2 is 2.09 bits per heavy atom. The van der Waals surface area contributed by atoms with Crippen LogP contribution in [-0.2, 0) is 9.53 Å². The Labute approximate surface area is 131 Å². The Morgan fingerprint density at radius 3 is 2.73 bits per heavy atom. The van der Waals surface area contributed by atoms with Crippen LogP contribution < -0.4 is 0 Å². The summed E-state index contributed by atoms with van der Waals surface area (Å²) >= 11 is 0. The van der Waals surface area contributed by atoms with E-state index in [1.807, 2.05) is 18.2 Å². The van der Waals surface area contributed by atoms with Crippen molar-refractivity contribution in [3.05, 3.63) is 35.9 Å². The van der Waals surface area contributed by atoms with Crippen molar-refractivity contribution < 1.29 is 13.9 Å². The third kappa shape index (κ3) is 2.65. The number of rotatable bonds is 4. The Bertz CT molecular complexity index is 521. The Kier molecular flexibility index (Phi) is 4.48. The number of piperidine rings is 2. The van der Waals surface area contributed by atoms with Gasteiger partial charge in [-0.1, -0.05) is 30.3 Å². The van der Waals surface area contributed by atoms with E-state index in [1.54, 1.807) is 6.92 Å². The number of carbonyl (C=O) groups is 1. The minimum Gasteiger partial charge on any atom is -0.465 e. The van der Waals surface area contributed by atoms with Crippen molar-refractivity contribution in [2.75, 3.05) is 6.61 Å². The molecule has 3 aliphatic rings. The lowest BCUT2D eigenvalue weighted by Crippen LogP contribution is -2.62. The van der Waals surface area contributed by atoms with E-state index in [4.69, 9.17) is 4.74 Å². The number of carbonyl (C=O) groups excluding carboxylic acids is 1. The van der Waals surface area contributed by atoms with Crippen LogP contribution in [0.4, 0.5) is 4.39 Å². The summed E-state index contributed by atoms with van der Waals surface area (Å²) in [5, 5.41) is 0. The first-order valence-corrected chi connectivity index (χ1v) is 8.26. The van der Waals surface area contributed by atoms with Crippen LogP contribution in [0, 0.1) is 5.92 Å². The first kappa shape index (κ1) is 15.5. The second-order valence-corrected chi connectivity index (χ2v) is 6.38. The molecule has 1 aromatic carbocycles. The minimum atomic E-state index is -0.882. The van der Waals surface area contributed by atoms with Gasteiger partial charge in [0.1, 0.15) is 12.2 Å². The lowest BCUT2D eigenvalue weighted by Gasteiger charge is -2.53. The quantitative estimate of drug-likeness (QED) is 0.797. The fourth-order valence-corrected chi connectivity index (χ4v) is 4.18. The molecule has 0 unspecified atom stereocenters. The summed E-state index contributed by atoms with van der Waals surface area (Å²) in [5.41, 5.74) is 1.17. The highest BCUT2D eigenvalue weighted by molar-refractivity contribution is 5.77. The number of nitrogens with zero attached hydrogens (tertiary/aromatic N) is 1. The topological polar surface area (TPSA) is 29.5 Å². The number of esters is 1. The molecule has 0 aromatic heterocycles. The largest absolute Gasteiger partial charge is 0.465 e. The van der Waals surface area contributed by atoms with Gasteiger partial charge in [0.15, 0.2) is 0 Å². The molecular formula is C18H24FNO2. The van der Waals surface area contributed by atoms with E-state index in [0.29, 0.717) is 13.0 Å². The first-order chi connectivity index (χ1) is 10.6. The zero-order valence-electron chi connectivity index (χ0n) is 13.2. The van der Waals surface area contributed by atoms with Crippen molar-refractivity contribution >= 4 is 5.97 Å². The zero-order valence-corrected chi connectivity index (χ0v) is 13.2. The van der Waals surface area contributed by atoms with E-state index in [-0.39, 0.29) is 24.0 Å². The summed E-state index contributed by atoms with van der Waals surface area (Å²) in [6.45, 7) is 4.25. The van der Waals surface area contributed by atoms with Crippen LogP contribution in [0.15, 0.2) is 30.3 Å². The van der Waals surface area contributed by atoms with Gasteiger partial charge in [0, 0.05) is 18.0 Å². The van der Waals surface area contributed by atoms with Crippen LogP contribution >= 0.6 is 0 Å². The van der Waals surface area contributed by atoms with Crippen LogP contribution in [0.1, 0.15) is 44.7 Å². The zero-order chi connectivity index (χ0) is 15.7. The number of benzene rings is 1. The first-order valence-electron chi connectivity index (χ1n) is 8.26. The highest BCUT2D eigenvalue weighted by Gasteiger charge is 2.52. The standard InChI is InChI=1S/C18H24FNO2/c1-3-22-18(21)17-15-10-9-14(11-16(15)19)20(17)12(2)13-7-5-4-6-8-13/h4-8,12,14-17H,3,9-11H2,1-2H3/t12-,14+,15+,16+,17+/m0/s1. The smallest absolute Gasteiger partial charge is 0.323 e. The van der Waals surface area contributed by atoms with E-state index in [9.17, 15) is 9.18 Å². The van der Waals surface area contributed by atoms with Crippen LogP contribution in [-0.4, -0.2) is 35.7 Å². The van der Waals surface area contributed by atoms with Gasteiger partial charge in [0.25, 0.3) is 0 Å². The summed E-state index contributed by atoms with van der Waals surface area (Å²) in [5.74, 6) is -0.488. The van der Waals surface area contributed by atoms with Gasteiger partial charge in [-0.15, -0.1) is 0 Å². The van der Waals surface area contributed by atoms with Crippen LogP contribution in [0.5, 0.6) is 0 Å². The Balaban J connectivity index is 1.91. The van der Waals surface area contributed by atoms with Gasteiger partial charge in [-0.25, -0.2) is 4.39 Å². The molecule has 4 rings (SSSR count). The molecule has 2 aliphatic heterocycles. The number of alkyl halides is 1. The molecule has 1 aliphatic carbocycles. The molecule has 1 aromatic rings. The Hall–Kier alpha value is -1.42. The molecule has 2 bridgehead atoms. The summed E-state index contributed by atoms with van der Waals surface area (Å²) in [7, 11) is 0. The number of ether oxygens (including phenoxy) is 1. The highest BCUT2D eigenvalue weighted by Crippen LogP contribution is 2.45. The minimum absolute atomic E-state index is 0.0934. The van der Waals surface area contributed by atoms with E-state index < -0.39 is 12.2 Å². The van der Waals surface area contributed by atoms with Gasteiger partial charge in [0.2, 0.25) is 0 Å². The van der Waals surface area contributed by atoms with Crippen LogP contribution in [0.25, 0.3) is 0 Å². The summed E-state index contributed by atoms with van der Waals surface area (Å²) in [6.07, 6.45) is 1.41. The SMILES string of the molecule is CCOC(=O)[C@H]1[C@@H]2CC[C@H](C[C@H]2F)N1[C@@H](C)c1ccccc1. The molecule has 22 heavy (non-hydrogen) atoms. The van der Waals surface area contributed by atoms with Crippen molar-refractivity contribution in [2.24, 2.45) is 5.92 Å². The maximum atomic E-state index is 14.3. The normalized spacial score (nSPS) is 32.7. The third-order valence-electron chi connectivity index (χ3n) is 5.20. The molecule has 5 atom stereocenters. The fraction of sp³-hybridized carbons (Fsp3) is 0.611. The maximum absolute atomic E-state index is 14.3. The predicted molar refractivity (Wildman–Crippen MR) is 83.1 cm³/mol. The molecule has 0 radical (unpaired) electrons.